The molecule has 2 aromatic rings. The number of hydrogen-bond donors (Lipinski definition) is 0. The number of halogens is 1. The summed E-state index contributed by atoms with van der Waals surface area (Å²) in [4.78, 5) is 0. The van der Waals surface area contributed by atoms with Crippen LogP contribution in [0.1, 0.15) is 6.92 Å². The molecule has 1 aromatic carbocycles. The van der Waals surface area contributed by atoms with E-state index in [-0.39, 0.29) is 5.82 Å². The van der Waals surface area contributed by atoms with Gasteiger partial charge in [0.1, 0.15) is 17.9 Å². The fourth-order valence-corrected chi connectivity index (χ4v) is 1.50. The molecule has 4 nitrogen and oxygen atoms in total. The first-order valence-corrected chi connectivity index (χ1v) is 4.98. The van der Waals surface area contributed by atoms with E-state index in [2.05, 4.69) is 10.2 Å². The van der Waals surface area contributed by atoms with Crippen LogP contribution in [0.25, 0.3) is 11.4 Å². The summed E-state index contributed by atoms with van der Waals surface area (Å²) in [6, 6.07) is 4.68. The fraction of sp³-hybridized carbons (Fsp3) is 0.273. The molecule has 0 atom stereocenters. The summed E-state index contributed by atoms with van der Waals surface area (Å²) in [5.74, 6) is 0.661. The molecule has 0 bridgehead atoms. The highest BCUT2D eigenvalue weighted by Crippen LogP contribution is 2.24. The normalized spacial score (nSPS) is 10.4. The lowest BCUT2D eigenvalue weighted by atomic mass is 10.2. The minimum absolute atomic E-state index is 0.359. The number of ether oxygens (including phenoxy) is 1. The minimum atomic E-state index is -0.359. The van der Waals surface area contributed by atoms with E-state index >= 15 is 0 Å². The molecule has 0 spiro atoms. The molecule has 0 saturated carbocycles. The van der Waals surface area contributed by atoms with Crippen molar-refractivity contribution in [3.63, 3.8) is 0 Å². The molecule has 16 heavy (non-hydrogen) atoms. The number of aromatic nitrogens is 3. The number of nitrogens with zero attached hydrogens (tertiary/aromatic N) is 3. The van der Waals surface area contributed by atoms with E-state index in [1.54, 1.807) is 23.0 Å². The first kappa shape index (κ1) is 10.6. The van der Waals surface area contributed by atoms with Crippen LogP contribution >= 0.6 is 0 Å². The summed E-state index contributed by atoms with van der Waals surface area (Å²) < 4.78 is 20.5. The molecule has 0 unspecified atom stereocenters. The van der Waals surface area contributed by atoms with E-state index in [4.69, 9.17) is 4.74 Å². The Morgan fingerprint density at radius 1 is 1.44 bits per heavy atom. The molecule has 0 amide bonds. The standard InChI is InChI=1S/C11H12FN3O/c1-3-15-7-13-14-11(15)9-5-4-8(16-2)6-10(9)12/h4-7H,3H2,1-2H3. The predicted octanol–water partition coefficient (Wildman–Crippen LogP) is 2.11. The van der Waals surface area contributed by atoms with Crippen LogP contribution in [0.5, 0.6) is 5.75 Å². The first-order valence-electron chi connectivity index (χ1n) is 4.98. The van der Waals surface area contributed by atoms with Gasteiger partial charge in [-0.25, -0.2) is 4.39 Å². The van der Waals surface area contributed by atoms with Crippen molar-refractivity contribution < 1.29 is 9.13 Å². The van der Waals surface area contributed by atoms with Crippen LogP contribution in [0.2, 0.25) is 0 Å². The van der Waals surface area contributed by atoms with Gasteiger partial charge in [-0.15, -0.1) is 10.2 Å². The molecule has 1 aromatic heterocycles. The van der Waals surface area contributed by atoms with E-state index in [0.717, 1.165) is 0 Å². The highest BCUT2D eigenvalue weighted by atomic mass is 19.1. The van der Waals surface area contributed by atoms with E-state index in [9.17, 15) is 4.39 Å². The third-order valence-corrected chi connectivity index (χ3v) is 2.37. The Balaban J connectivity index is 2.48. The zero-order valence-corrected chi connectivity index (χ0v) is 9.14. The van der Waals surface area contributed by atoms with E-state index in [1.165, 1.54) is 13.2 Å². The Bertz CT molecular complexity index is 496. The Hall–Kier alpha value is -1.91. The monoisotopic (exact) mass is 221 g/mol. The van der Waals surface area contributed by atoms with Crippen LogP contribution < -0.4 is 4.74 Å². The topological polar surface area (TPSA) is 39.9 Å². The summed E-state index contributed by atoms with van der Waals surface area (Å²) in [6.07, 6.45) is 1.58. The Morgan fingerprint density at radius 2 is 2.25 bits per heavy atom. The summed E-state index contributed by atoms with van der Waals surface area (Å²) in [7, 11) is 1.50. The van der Waals surface area contributed by atoms with Crippen molar-refractivity contribution in [1.29, 1.82) is 0 Å². The summed E-state index contributed by atoms with van der Waals surface area (Å²) in [5, 5.41) is 7.67. The largest absolute Gasteiger partial charge is 0.497 e. The Labute approximate surface area is 92.7 Å². The molecule has 5 heteroatoms. The van der Waals surface area contributed by atoms with Crippen LogP contribution in [-0.2, 0) is 6.54 Å². The maximum atomic E-state index is 13.8. The Morgan fingerprint density at radius 3 is 2.88 bits per heavy atom. The van der Waals surface area contributed by atoms with Gasteiger partial charge in [0, 0.05) is 12.6 Å². The molecule has 0 aliphatic heterocycles. The molecule has 0 N–H and O–H groups in total. The van der Waals surface area contributed by atoms with Gasteiger partial charge in [-0.05, 0) is 19.1 Å². The number of aryl methyl sites for hydroxylation is 1. The minimum Gasteiger partial charge on any atom is -0.497 e. The van der Waals surface area contributed by atoms with Crippen molar-refractivity contribution in [3.05, 3.63) is 30.3 Å². The van der Waals surface area contributed by atoms with Crippen LogP contribution in [0.3, 0.4) is 0 Å². The first-order chi connectivity index (χ1) is 7.76. The maximum absolute atomic E-state index is 13.8. The summed E-state index contributed by atoms with van der Waals surface area (Å²) >= 11 is 0. The second-order valence-corrected chi connectivity index (χ2v) is 3.29. The van der Waals surface area contributed by atoms with Crippen molar-refractivity contribution in [2.75, 3.05) is 7.11 Å². The molecule has 0 radical (unpaired) electrons. The van der Waals surface area contributed by atoms with Crippen LogP contribution in [0.15, 0.2) is 24.5 Å². The van der Waals surface area contributed by atoms with Crippen molar-refractivity contribution in [2.24, 2.45) is 0 Å². The molecule has 0 saturated heterocycles. The fourth-order valence-electron chi connectivity index (χ4n) is 1.50. The van der Waals surface area contributed by atoms with Crippen LogP contribution in [0.4, 0.5) is 4.39 Å². The lowest BCUT2D eigenvalue weighted by Crippen LogP contribution is -1.98. The number of hydrogen-bond acceptors (Lipinski definition) is 3. The number of methoxy groups -OCH3 is 1. The molecular formula is C11H12FN3O. The smallest absolute Gasteiger partial charge is 0.166 e. The molecular weight excluding hydrogens is 209 g/mol. The van der Waals surface area contributed by atoms with Gasteiger partial charge >= 0.3 is 0 Å². The zero-order valence-electron chi connectivity index (χ0n) is 9.14. The third kappa shape index (κ3) is 1.76. The second kappa shape index (κ2) is 4.30. The van der Waals surface area contributed by atoms with Crippen molar-refractivity contribution in [3.8, 4) is 17.1 Å². The average molecular weight is 221 g/mol. The van der Waals surface area contributed by atoms with Crippen molar-refractivity contribution >= 4 is 0 Å². The maximum Gasteiger partial charge on any atom is 0.166 e. The molecule has 0 fully saturated rings. The van der Waals surface area contributed by atoms with Gasteiger partial charge in [0.15, 0.2) is 5.82 Å². The quantitative estimate of drug-likeness (QED) is 0.797. The number of benzene rings is 1. The van der Waals surface area contributed by atoms with Crippen LogP contribution in [-0.4, -0.2) is 21.9 Å². The molecule has 2 rings (SSSR count). The molecule has 0 aliphatic carbocycles. The van der Waals surface area contributed by atoms with Gasteiger partial charge in [0.25, 0.3) is 0 Å². The van der Waals surface area contributed by atoms with Crippen molar-refractivity contribution in [2.45, 2.75) is 13.5 Å². The van der Waals surface area contributed by atoms with Gasteiger partial charge in [-0.3, -0.25) is 0 Å². The highest BCUT2D eigenvalue weighted by Gasteiger charge is 2.11. The Kier molecular flexibility index (Phi) is 2.85. The predicted molar refractivity (Wildman–Crippen MR) is 57.6 cm³/mol. The lowest BCUT2D eigenvalue weighted by Gasteiger charge is -2.06. The zero-order chi connectivity index (χ0) is 11.5. The van der Waals surface area contributed by atoms with E-state index in [0.29, 0.717) is 23.7 Å². The van der Waals surface area contributed by atoms with Gasteiger partial charge in [0.05, 0.1) is 12.7 Å². The van der Waals surface area contributed by atoms with E-state index < -0.39 is 0 Å². The molecule has 0 aliphatic rings. The van der Waals surface area contributed by atoms with Gasteiger partial charge in [-0.1, -0.05) is 0 Å². The van der Waals surface area contributed by atoms with Gasteiger partial charge in [-0.2, -0.15) is 0 Å². The molecule has 84 valence electrons. The lowest BCUT2D eigenvalue weighted by molar-refractivity contribution is 0.411. The van der Waals surface area contributed by atoms with Crippen LogP contribution in [0, 0.1) is 5.82 Å². The molecule has 1 heterocycles. The van der Waals surface area contributed by atoms with E-state index in [1.807, 2.05) is 6.92 Å². The van der Waals surface area contributed by atoms with Crippen molar-refractivity contribution in [1.82, 2.24) is 14.8 Å². The van der Waals surface area contributed by atoms with Gasteiger partial charge in [0.2, 0.25) is 0 Å². The highest BCUT2D eigenvalue weighted by molar-refractivity contribution is 5.57. The SMILES string of the molecule is CCn1cnnc1-c1ccc(OC)cc1F. The average Bonchev–Trinajstić information content (AvgIpc) is 2.76. The number of rotatable bonds is 3. The van der Waals surface area contributed by atoms with Gasteiger partial charge < -0.3 is 9.30 Å². The summed E-state index contributed by atoms with van der Waals surface area (Å²) in [6.45, 7) is 2.65. The third-order valence-electron chi connectivity index (χ3n) is 2.37. The summed E-state index contributed by atoms with van der Waals surface area (Å²) in [5.41, 5.74) is 0.431. The second-order valence-electron chi connectivity index (χ2n) is 3.29.